The summed E-state index contributed by atoms with van der Waals surface area (Å²) in [4.78, 5) is 15.4. The van der Waals surface area contributed by atoms with Crippen LogP contribution in [0.15, 0.2) is 33.9 Å². The lowest BCUT2D eigenvalue weighted by molar-refractivity contribution is -0.118. The highest BCUT2D eigenvalue weighted by Crippen LogP contribution is 2.26. The van der Waals surface area contributed by atoms with Crippen molar-refractivity contribution in [1.82, 2.24) is 20.5 Å². The standard InChI is InChI=1S/C11H11BrN4OS/c1-13-9(17)6-18-11-14-10(15-16-11)7-4-2-3-5-8(7)12/h2-5H,6H2,1H3,(H,13,17)(H,14,15,16). The van der Waals surface area contributed by atoms with Crippen LogP contribution in [0.5, 0.6) is 0 Å². The summed E-state index contributed by atoms with van der Waals surface area (Å²) >= 11 is 4.75. The van der Waals surface area contributed by atoms with Crippen molar-refractivity contribution in [3.8, 4) is 11.4 Å². The zero-order valence-corrected chi connectivity index (χ0v) is 12.0. The number of aromatic nitrogens is 3. The lowest BCUT2D eigenvalue weighted by Crippen LogP contribution is -2.19. The fourth-order valence-electron chi connectivity index (χ4n) is 1.29. The molecule has 1 heterocycles. The Hall–Kier alpha value is -1.34. The lowest BCUT2D eigenvalue weighted by Gasteiger charge is -1.98. The van der Waals surface area contributed by atoms with Crippen molar-refractivity contribution < 1.29 is 4.79 Å². The molecule has 0 unspecified atom stereocenters. The molecule has 0 saturated heterocycles. The number of nitrogens with one attached hydrogen (secondary N) is 2. The average Bonchev–Trinajstić information content (AvgIpc) is 2.85. The van der Waals surface area contributed by atoms with Gasteiger partial charge in [0.2, 0.25) is 11.1 Å². The molecular formula is C11H11BrN4OS. The van der Waals surface area contributed by atoms with Gasteiger partial charge in [-0.3, -0.25) is 9.89 Å². The van der Waals surface area contributed by atoms with Crippen LogP contribution in [0, 0.1) is 0 Å². The third-order valence-electron chi connectivity index (χ3n) is 2.21. The number of halogens is 1. The van der Waals surface area contributed by atoms with E-state index in [0.717, 1.165) is 10.0 Å². The lowest BCUT2D eigenvalue weighted by atomic mass is 10.2. The third-order valence-corrected chi connectivity index (χ3v) is 3.74. The topological polar surface area (TPSA) is 70.7 Å². The maximum Gasteiger partial charge on any atom is 0.230 e. The van der Waals surface area contributed by atoms with E-state index in [1.807, 2.05) is 24.3 Å². The first-order chi connectivity index (χ1) is 8.70. The second kappa shape index (κ2) is 6.01. The number of hydrogen-bond donors (Lipinski definition) is 2. The normalized spacial score (nSPS) is 10.3. The monoisotopic (exact) mass is 326 g/mol. The highest BCUT2D eigenvalue weighted by atomic mass is 79.9. The first kappa shape index (κ1) is 13.1. The molecule has 0 radical (unpaired) electrons. The van der Waals surface area contributed by atoms with E-state index in [9.17, 15) is 4.79 Å². The first-order valence-electron chi connectivity index (χ1n) is 5.21. The van der Waals surface area contributed by atoms with Crippen LogP contribution in [-0.2, 0) is 4.79 Å². The molecule has 0 aliphatic heterocycles. The van der Waals surface area contributed by atoms with Gasteiger partial charge in [0.05, 0.1) is 5.75 Å². The molecule has 0 saturated carbocycles. The van der Waals surface area contributed by atoms with E-state index in [4.69, 9.17) is 0 Å². The number of benzene rings is 1. The van der Waals surface area contributed by atoms with Gasteiger partial charge in [0.15, 0.2) is 5.82 Å². The van der Waals surface area contributed by atoms with Gasteiger partial charge in [-0.2, -0.15) is 0 Å². The molecule has 0 aliphatic carbocycles. The molecule has 0 fully saturated rings. The fourth-order valence-corrected chi connectivity index (χ4v) is 2.43. The number of amides is 1. The second-order valence-corrected chi connectivity index (χ2v) is 5.21. The van der Waals surface area contributed by atoms with E-state index in [1.165, 1.54) is 11.8 Å². The van der Waals surface area contributed by atoms with Gasteiger partial charge in [-0.05, 0) is 6.07 Å². The van der Waals surface area contributed by atoms with Crippen molar-refractivity contribution >= 4 is 33.6 Å². The number of nitrogens with zero attached hydrogens (tertiary/aromatic N) is 2. The van der Waals surface area contributed by atoms with E-state index in [1.54, 1.807) is 7.05 Å². The van der Waals surface area contributed by atoms with Crippen LogP contribution in [-0.4, -0.2) is 33.9 Å². The minimum absolute atomic E-state index is 0.0489. The molecular weight excluding hydrogens is 316 g/mol. The Morgan fingerprint density at radius 3 is 3.00 bits per heavy atom. The Labute approximate surface area is 117 Å². The molecule has 0 aliphatic rings. The molecule has 1 amide bonds. The molecule has 1 aromatic heterocycles. The van der Waals surface area contributed by atoms with Crippen LogP contribution in [0.3, 0.4) is 0 Å². The minimum Gasteiger partial charge on any atom is -0.358 e. The Balaban J connectivity index is 2.11. The number of carbonyl (C=O) groups is 1. The summed E-state index contributed by atoms with van der Waals surface area (Å²) in [6.07, 6.45) is 0. The van der Waals surface area contributed by atoms with Gasteiger partial charge in [-0.15, -0.1) is 5.10 Å². The average molecular weight is 327 g/mol. The summed E-state index contributed by atoms with van der Waals surface area (Å²) in [5, 5.41) is 10.0. The number of hydrogen-bond acceptors (Lipinski definition) is 4. The van der Waals surface area contributed by atoms with Crippen molar-refractivity contribution in [3.05, 3.63) is 28.7 Å². The van der Waals surface area contributed by atoms with Gasteiger partial charge in [0, 0.05) is 17.1 Å². The van der Waals surface area contributed by atoms with Gasteiger partial charge in [0.25, 0.3) is 0 Å². The zero-order valence-electron chi connectivity index (χ0n) is 9.61. The van der Waals surface area contributed by atoms with Crippen LogP contribution in [0.2, 0.25) is 0 Å². The molecule has 2 N–H and O–H groups in total. The molecule has 2 aromatic rings. The van der Waals surface area contributed by atoms with E-state index in [0.29, 0.717) is 16.7 Å². The van der Waals surface area contributed by atoms with Gasteiger partial charge in [-0.1, -0.05) is 45.9 Å². The number of thioether (sulfide) groups is 1. The summed E-state index contributed by atoms with van der Waals surface area (Å²) in [5.74, 6) is 0.943. The highest BCUT2D eigenvalue weighted by Gasteiger charge is 2.09. The van der Waals surface area contributed by atoms with Crippen LogP contribution in [0.1, 0.15) is 0 Å². The van der Waals surface area contributed by atoms with Gasteiger partial charge < -0.3 is 5.32 Å². The van der Waals surface area contributed by atoms with E-state index >= 15 is 0 Å². The smallest absolute Gasteiger partial charge is 0.230 e. The quantitative estimate of drug-likeness (QED) is 0.844. The van der Waals surface area contributed by atoms with Crippen molar-refractivity contribution in [2.24, 2.45) is 0 Å². The number of carbonyl (C=O) groups excluding carboxylic acids is 1. The predicted octanol–water partition coefficient (Wildman–Crippen LogP) is 2.07. The molecule has 1 aromatic carbocycles. The van der Waals surface area contributed by atoms with Crippen LogP contribution in [0.4, 0.5) is 0 Å². The van der Waals surface area contributed by atoms with Gasteiger partial charge >= 0.3 is 0 Å². The summed E-state index contributed by atoms with van der Waals surface area (Å²) in [5.41, 5.74) is 0.941. The molecule has 7 heteroatoms. The van der Waals surface area contributed by atoms with Crippen molar-refractivity contribution in [2.75, 3.05) is 12.8 Å². The second-order valence-electron chi connectivity index (χ2n) is 3.41. The van der Waals surface area contributed by atoms with Gasteiger partial charge in [-0.25, -0.2) is 4.98 Å². The molecule has 0 atom stereocenters. The maximum atomic E-state index is 11.1. The Morgan fingerprint density at radius 1 is 1.50 bits per heavy atom. The van der Waals surface area contributed by atoms with Crippen molar-refractivity contribution in [2.45, 2.75) is 5.16 Å². The Kier molecular flexibility index (Phi) is 4.38. The summed E-state index contributed by atoms with van der Waals surface area (Å²) in [6.45, 7) is 0. The predicted molar refractivity (Wildman–Crippen MR) is 74.3 cm³/mol. The molecule has 5 nitrogen and oxygen atoms in total. The SMILES string of the molecule is CNC(=O)CSc1n[nH]c(-c2ccccc2Br)n1. The summed E-state index contributed by atoms with van der Waals surface area (Å²) in [6, 6.07) is 7.75. The third kappa shape index (κ3) is 3.11. The van der Waals surface area contributed by atoms with Crippen molar-refractivity contribution in [3.63, 3.8) is 0 Å². The number of aromatic amines is 1. The van der Waals surface area contributed by atoms with E-state index in [-0.39, 0.29) is 5.91 Å². The van der Waals surface area contributed by atoms with E-state index < -0.39 is 0 Å². The Morgan fingerprint density at radius 2 is 2.28 bits per heavy atom. The summed E-state index contributed by atoms with van der Waals surface area (Å²) < 4.78 is 0.948. The van der Waals surface area contributed by atoms with Crippen LogP contribution in [0.25, 0.3) is 11.4 Å². The fraction of sp³-hybridized carbons (Fsp3) is 0.182. The Bertz CT molecular complexity index is 557. The zero-order chi connectivity index (χ0) is 13.0. The minimum atomic E-state index is -0.0489. The highest BCUT2D eigenvalue weighted by molar-refractivity contribution is 9.10. The number of H-pyrrole nitrogens is 1. The largest absolute Gasteiger partial charge is 0.358 e. The molecule has 2 rings (SSSR count). The first-order valence-corrected chi connectivity index (χ1v) is 6.99. The molecule has 94 valence electrons. The van der Waals surface area contributed by atoms with Crippen molar-refractivity contribution in [1.29, 1.82) is 0 Å². The maximum absolute atomic E-state index is 11.1. The molecule has 0 spiro atoms. The van der Waals surface area contributed by atoms with Gasteiger partial charge in [0.1, 0.15) is 0 Å². The summed E-state index contributed by atoms with van der Waals surface area (Å²) in [7, 11) is 1.60. The molecule has 0 bridgehead atoms. The van der Waals surface area contributed by atoms with E-state index in [2.05, 4.69) is 36.4 Å². The van der Waals surface area contributed by atoms with Crippen LogP contribution < -0.4 is 5.32 Å². The van der Waals surface area contributed by atoms with Crippen LogP contribution >= 0.6 is 27.7 Å². The number of rotatable bonds is 4. The molecule has 18 heavy (non-hydrogen) atoms.